The van der Waals surface area contributed by atoms with Crippen molar-refractivity contribution in [3.63, 3.8) is 0 Å². The first-order valence-electron chi connectivity index (χ1n) is 6.43. The van der Waals surface area contributed by atoms with E-state index >= 15 is 0 Å². The first-order valence-corrected chi connectivity index (χ1v) is 6.93. The molecule has 0 aliphatic carbocycles. The van der Waals surface area contributed by atoms with Crippen molar-refractivity contribution in [3.8, 4) is 23.3 Å². The highest BCUT2D eigenvalue weighted by Crippen LogP contribution is 2.30. The van der Waals surface area contributed by atoms with E-state index in [4.69, 9.17) is 0 Å². The van der Waals surface area contributed by atoms with E-state index in [1.54, 1.807) is 6.07 Å². The van der Waals surface area contributed by atoms with Crippen LogP contribution in [0.1, 0.15) is 11.1 Å². The number of hydrogen-bond donors (Lipinski definition) is 0. The molecule has 0 amide bonds. The zero-order chi connectivity index (χ0) is 14.8. The van der Waals surface area contributed by atoms with E-state index in [0.717, 1.165) is 27.1 Å². The Morgan fingerprint density at radius 3 is 2.38 bits per heavy atom. The van der Waals surface area contributed by atoms with E-state index in [-0.39, 0.29) is 0 Å². The van der Waals surface area contributed by atoms with Gasteiger partial charge in [0.15, 0.2) is 0 Å². The second kappa shape index (κ2) is 5.24. The van der Waals surface area contributed by atoms with Crippen LogP contribution in [-0.2, 0) is 0 Å². The van der Waals surface area contributed by atoms with Crippen LogP contribution in [0.3, 0.4) is 0 Å². The lowest BCUT2D eigenvalue weighted by molar-refractivity contribution is 1.43. The number of nitriles is 2. The van der Waals surface area contributed by atoms with Crippen LogP contribution in [0.4, 0.5) is 0 Å². The minimum absolute atomic E-state index is 0.397. The van der Waals surface area contributed by atoms with E-state index in [2.05, 4.69) is 22.4 Å². The van der Waals surface area contributed by atoms with E-state index in [9.17, 15) is 10.5 Å². The highest BCUT2D eigenvalue weighted by Gasteiger charge is 2.14. The standard InChI is InChI=1S/C18H9N2Si/c19-10-13-5-3-7-15(16(13)11-20)18-14-6-2-1-4-12(14)8-9-17(18)21/h1-9H. The Bertz CT molecular complexity index is 930. The molecule has 0 aliphatic heterocycles. The summed E-state index contributed by atoms with van der Waals surface area (Å²) in [5.74, 6) is 0. The van der Waals surface area contributed by atoms with Gasteiger partial charge in [0.25, 0.3) is 0 Å². The third-order valence-corrected chi connectivity index (χ3v) is 3.91. The summed E-state index contributed by atoms with van der Waals surface area (Å²) in [7, 11) is 3.63. The van der Waals surface area contributed by atoms with Crippen LogP contribution >= 0.6 is 0 Å². The minimum Gasteiger partial charge on any atom is -0.192 e. The molecule has 95 valence electrons. The maximum Gasteiger partial charge on any atom is 0.101 e. The van der Waals surface area contributed by atoms with Gasteiger partial charge in [-0.25, -0.2) is 0 Å². The molecule has 3 aromatic rings. The lowest BCUT2D eigenvalue weighted by atomic mass is 9.92. The molecule has 0 N–H and O–H groups in total. The third kappa shape index (κ3) is 2.10. The van der Waals surface area contributed by atoms with Crippen molar-refractivity contribution in [2.24, 2.45) is 0 Å². The lowest BCUT2D eigenvalue weighted by Gasteiger charge is -2.12. The largest absolute Gasteiger partial charge is 0.192 e. The Balaban J connectivity index is 2.45. The fourth-order valence-electron chi connectivity index (χ4n) is 2.54. The molecular formula is C18H9N2Si. The molecule has 0 saturated heterocycles. The van der Waals surface area contributed by atoms with Gasteiger partial charge in [0.2, 0.25) is 0 Å². The van der Waals surface area contributed by atoms with Crippen molar-refractivity contribution < 1.29 is 0 Å². The van der Waals surface area contributed by atoms with Gasteiger partial charge in [-0.3, -0.25) is 0 Å². The van der Waals surface area contributed by atoms with Gasteiger partial charge in [-0.15, -0.1) is 0 Å². The number of nitrogens with zero attached hydrogens (tertiary/aromatic N) is 2. The maximum absolute atomic E-state index is 9.44. The summed E-state index contributed by atoms with van der Waals surface area (Å²) < 4.78 is 0. The molecule has 0 fully saturated rings. The third-order valence-electron chi connectivity index (χ3n) is 3.50. The van der Waals surface area contributed by atoms with Gasteiger partial charge in [0, 0.05) is 5.56 Å². The molecule has 0 spiro atoms. The number of hydrogen-bond acceptors (Lipinski definition) is 2. The number of fused-ring (bicyclic) bond motifs is 1. The van der Waals surface area contributed by atoms with Gasteiger partial charge < -0.3 is 0 Å². The normalized spacial score (nSPS) is 10.0. The second-order valence-electron chi connectivity index (χ2n) is 4.66. The molecule has 3 heteroatoms. The quantitative estimate of drug-likeness (QED) is 0.644. The van der Waals surface area contributed by atoms with E-state index in [0.29, 0.717) is 11.1 Å². The summed E-state index contributed by atoms with van der Waals surface area (Å²) in [5, 5.41) is 21.7. The van der Waals surface area contributed by atoms with E-state index in [1.165, 1.54) is 0 Å². The van der Waals surface area contributed by atoms with Crippen molar-refractivity contribution in [2.45, 2.75) is 0 Å². The molecule has 3 aromatic carbocycles. The van der Waals surface area contributed by atoms with Crippen LogP contribution < -0.4 is 5.19 Å². The van der Waals surface area contributed by atoms with Crippen molar-refractivity contribution in [3.05, 3.63) is 65.7 Å². The summed E-state index contributed by atoms with van der Waals surface area (Å²) in [5.41, 5.74) is 2.53. The molecule has 0 saturated carbocycles. The molecule has 21 heavy (non-hydrogen) atoms. The highest BCUT2D eigenvalue weighted by molar-refractivity contribution is 6.38. The van der Waals surface area contributed by atoms with Gasteiger partial charge in [-0.05, 0) is 22.4 Å². The predicted molar refractivity (Wildman–Crippen MR) is 84.2 cm³/mol. The van der Waals surface area contributed by atoms with Crippen LogP contribution in [0.25, 0.3) is 21.9 Å². The van der Waals surface area contributed by atoms with Gasteiger partial charge in [0.05, 0.1) is 21.4 Å². The Hall–Kier alpha value is -2.88. The van der Waals surface area contributed by atoms with Crippen molar-refractivity contribution in [2.75, 3.05) is 0 Å². The lowest BCUT2D eigenvalue weighted by Crippen LogP contribution is -2.08. The second-order valence-corrected chi connectivity index (χ2v) is 5.20. The first kappa shape index (κ1) is 13.1. The van der Waals surface area contributed by atoms with Gasteiger partial charge in [-0.1, -0.05) is 53.7 Å². The van der Waals surface area contributed by atoms with E-state index < -0.39 is 0 Å². The smallest absolute Gasteiger partial charge is 0.101 e. The number of rotatable bonds is 1. The van der Waals surface area contributed by atoms with Gasteiger partial charge in [-0.2, -0.15) is 10.5 Å². The Labute approximate surface area is 126 Å². The van der Waals surface area contributed by atoms with Crippen molar-refractivity contribution in [1.82, 2.24) is 0 Å². The van der Waals surface area contributed by atoms with Gasteiger partial charge >= 0.3 is 0 Å². The zero-order valence-electron chi connectivity index (χ0n) is 11.1. The molecule has 2 nitrogen and oxygen atoms in total. The zero-order valence-corrected chi connectivity index (χ0v) is 12.1. The average molecular weight is 281 g/mol. The number of benzene rings is 3. The van der Waals surface area contributed by atoms with Crippen molar-refractivity contribution >= 4 is 26.2 Å². The molecule has 3 radical (unpaired) electrons. The van der Waals surface area contributed by atoms with Crippen LogP contribution in [0.2, 0.25) is 0 Å². The SMILES string of the molecule is N#Cc1cccc(-c2c([Si])ccc3ccccc23)c1C#N. The van der Waals surface area contributed by atoms with Crippen molar-refractivity contribution in [1.29, 1.82) is 10.5 Å². The average Bonchev–Trinajstić information content (AvgIpc) is 2.54. The monoisotopic (exact) mass is 281 g/mol. The molecule has 0 heterocycles. The summed E-state index contributed by atoms with van der Waals surface area (Å²) in [6.07, 6.45) is 0. The molecule has 0 unspecified atom stereocenters. The molecule has 0 aromatic heterocycles. The highest BCUT2D eigenvalue weighted by atomic mass is 28.1. The topological polar surface area (TPSA) is 47.6 Å². The van der Waals surface area contributed by atoms with Crippen LogP contribution in [0.5, 0.6) is 0 Å². The van der Waals surface area contributed by atoms with Gasteiger partial charge in [0.1, 0.15) is 12.1 Å². The molecule has 0 bridgehead atoms. The molecule has 3 rings (SSSR count). The minimum atomic E-state index is 0.397. The maximum atomic E-state index is 9.44. The summed E-state index contributed by atoms with van der Waals surface area (Å²) in [4.78, 5) is 0. The molecular weight excluding hydrogens is 272 g/mol. The summed E-state index contributed by atoms with van der Waals surface area (Å²) in [6, 6.07) is 21.6. The Kier molecular flexibility index (Phi) is 3.28. The predicted octanol–water partition coefficient (Wildman–Crippen LogP) is 3.04. The fourth-order valence-corrected chi connectivity index (χ4v) is 2.89. The van der Waals surface area contributed by atoms with Crippen LogP contribution in [0.15, 0.2) is 54.6 Å². The molecule has 0 aliphatic rings. The van der Waals surface area contributed by atoms with E-state index in [1.807, 2.05) is 48.5 Å². The molecule has 0 atom stereocenters. The Morgan fingerprint density at radius 2 is 1.62 bits per heavy atom. The summed E-state index contributed by atoms with van der Waals surface area (Å²) in [6.45, 7) is 0. The fraction of sp³-hybridized carbons (Fsp3) is 0. The van der Waals surface area contributed by atoms with Crippen LogP contribution in [0, 0.1) is 22.7 Å². The summed E-state index contributed by atoms with van der Waals surface area (Å²) >= 11 is 0. The Morgan fingerprint density at radius 1 is 0.810 bits per heavy atom. The first-order chi connectivity index (χ1) is 10.3. The van der Waals surface area contributed by atoms with Crippen LogP contribution in [-0.4, -0.2) is 10.2 Å².